The fourth-order valence-electron chi connectivity index (χ4n) is 4.35. The number of aromatic nitrogens is 6. The summed E-state index contributed by atoms with van der Waals surface area (Å²) in [7, 11) is 3.38. The minimum absolute atomic E-state index is 0.694. The molecule has 0 saturated heterocycles. The van der Waals surface area contributed by atoms with Crippen molar-refractivity contribution in [2.24, 2.45) is 0 Å². The molecule has 0 fully saturated rings. The number of nitrogens with zero attached hydrogens (tertiary/aromatic N) is 5. The molecule has 35 heavy (non-hydrogen) atoms. The number of ether oxygens (including phenoxy) is 2. The third kappa shape index (κ3) is 5.42. The third-order valence-electron chi connectivity index (χ3n) is 6.22. The van der Waals surface area contributed by atoms with Gasteiger partial charge in [-0.3, -0.25) is 0 Å². The molecule has 0 spiro atoms. The molecule has 0 atom stereocenters. The van der Waals surface area contributed by atoms with Crippen LogP contribution in [0.25, 0.3) is 10.9 Å². The predicted molar refractivity (Wildman–Crippen MR) is 135 cm³/mol. The SMILES string of the molecule is COc1ccc(Cc2nnc(Cc3c[nH]c4ccc(OC)cc34)n2CCCc2c[n]([Tl])cn2)cc1. The molecule has 5 aromatic rings. The van der Waals surface area contributed by atoms with E-state index >= 15 is 0 Å². The van der Waals surface area contributed by atoms with Gasteiger partial charge < -0.3 is 9.47 Å². The summed E-state index contributed by atoms with van der Waals surface area (Å²) in [5.74, 6) is 3.63. The summed E-state index contributed by atoms with van der Waals surface area (Å²) in [6, 6.07) is 14.2. The Balaban J connectivity index is 1.41. The molecule has 0 aliphatic heterocycles. The van der Waals surface area contributed by atoms with Crippen LogP contribution >= 0.6 is 0 Å². The van der Waals surface area contributed by atoms with Crippen LogP contribution in [0.3, 0.4) is 0 Å². The van der Waals surface area contributed by atoms with Crippen molar-refractivity contribution in [2.45, 2.75) is 32.2 Å². The van der Waals surface area contributed by atoms with Crippen LogP contribution in [-0.4, -0.2) is 67.4 Å². The van der Waals surface area contributed by atoms with E-state index in [2.05, 4.69) is 57.7 Å². The molecule has 176 valence electrons. The van der Waals surface area contributed by atoms with E-state index in [-0.39, 0.29) is 0 Å². The van der Waals surface area contributed by atoms with E-state index in [9.17, 15) is 0 Å². The van der Waals surface area contributed by atoms with Gasteiger partial charge in [-0.15, -0.1) is 0 Å². The van der Waals surface area contributed by atoms with E-state index in [1.807, 2.05) is 30.6 Å². The molecule has 0 unspecified atom stereocenters. The summed E-state index contributed by atoms with van der Waals surface area (Å²) in [6.07, 6.45) is 9.45. The standard InChI is InChI=1S/C26H27N6O2.Tl/c1-33-21-7-5-18(6-8-21)12-25-30-31-26(32(25)11-3-4-20-16-27-17-29-20)13-19-15-28-24-10-9-22(34-2)14-23(19)24;/h5-10,14-17,28H,3-4,11-13H2,1-2H3;/q-1;+1. The average molecular weight is 660 g/mol. The molecule has 8 nitrogen and oxygen atoms in total. The number of hydrogen-bond donors (Lipinski definition) is 1. The summed E-state index contributed by atoms with van der Waals surface area (Å²) in [5.41, 5.74) is 4.59. The topological polar surface area (TPSA) is 82.8 Å². The number of benzene rings is 2. The second kappa shape index (κ2) is 10.6. The van der Waals surface area contributed by atoms with Crippen LogP contribution < -0.4 is 9.47 Å². The van der Waals surface area contributed by atoms with Gasteiger partial charge in [-0.2, -0.15) is 0 Å². The third-order valence-corrected chi connectivity index (χ3v) is 7.32. The first-order valence-corrected chi connectivity index (χ1v) is 13.6. The van der Waals surface area contributed by atoms with Crippen LogP contribution in [0.4, 0.5) is 0 Å². The fourth-order valence-corrected chi connectivity index (χ4v) is 5.27. The number of imidazole rings is 1. The van der Waals surface area contributed by atoms with Crippen LogP contribution in [-0.2, 0) is 25.8 Å². The van der Waals surface area contributed by atoms with E-state index in [1.54, 1.807) is 14.2 Å². The summed E-state index contributed by atoms with van der Waals surface area (Å²) in [6.45, 7) is 0.843. The van der Waals surface area contributed by atoms with Crippen LogP contribution in [0.1, 0.15) is 34.9 Å². The molecule has 5 rings (SSSR count). The molecule has 3 aromatic heterocycles. The fraction of sp³-hybridized carbons (Fsp3) is 0.269. The van der Waals surface area contributed by atoms with E-state index in [1.165, 1.54) is 11.1 Å². The van der Waals surface area contributed by atoms with Gasteiger partial charge in [0.25, 0.3) is 0 Å². The zero-order valence-electron chi connectivity index (χ0n) is 19.9. The van der Waals surface area contributed by atoms with E-state index < -0.39 is 0 Å². The van der Waals surface area contributed by atoms with Gasteiger partial charge in [-0.25, -0.2) is 0 Å². The predicted octanol–water partition coefficient (Wildman–Crippen LogP) is 3.72. The molecule has 0 saturated carbocycles. The monoisotopic (exact) mass is 660 g/mol. The number of aryl methyl sites for hydroxylation is 1. The second-order valence-corrected chi connectivity index (χ2v) is 10.8. The number of H-pyrrole nitrogens is 1. The molecule has 9 heteroatoms. The zero-order valence-corrected chi connectivity index (χ0v) is 24.4. The molecular formula is C26H27N6O2Tl. The first-order valence-electron chi connectivity index (χ1n) is 11.6. The van der Waals surface area contributed by atoms with E-state index in [0.29, 0.717) is 6.42 Å². The molecule has 0 aliphatic rings. The van der Waals surface area contributed by atoms with Crippen molar-refractivity contribution in [2.75, 3.05) is 14.2 Å². The Bertz CT molecular complexity index is 1420. The minimum atomic E-state index is 0.694. The van der Waals surface area contributed by atoms with Crippen LogP contribution in [0.5, 0.6) is 11.5 Å². The Kier molecular flexibility index (Phi) is 7.17. The summed E-state index contributed by atoms with van der Waals surface area (Å²) in [5, 5.41) is 10.4. The zero-order chi connectivity index (χ0) is 24.2. The summed E-state index contributed by atoms with van der Waals surface area (Å²) in [4.78, 5) is 7.88. The van der Waals surface area contributed by atoms with Crippen molar-refractivity contribution >= 4 is 37.0 Å². The van der Waals surface area contributed by atoms with Gasteiger partial charge in [0.15, 0.2) is 0 Å². The average Bonchev–Trinajstić information content (AvgIpc) is 3.59. The number of nitrogens with one attached hydrogen (secondary N) is 1. The van der Waals surface area contributed by atoms with Crippen molar-refractivity contribution in [3.05, 3.63) is 89.7 Å². The Hall–Kier alpha value is -3.15. The quantitative estimate of drug-likeness (QED) is 0.231. The normalized spacial score (nSPS) is 11.2. The number of hydrogen-bond acceptors (Lipinski definition) is 5. The van der Waals surface area contributed by atoms with Crippen LogP contribution in [0.15, 0.2) is 61.2 Å². The van der Waals surface area contributed by atoms with Gasteiger partial charge in [0.05, 0.1) is 14.2 Å². The molecule has 1 N–H and O–H groups in total. The van der Waals surface area contributed by atoms with Crippen molar-refractivity contribution in [3.63, 3.8) is 0 Å². The maximum absolute atomic E-state index is 5.44. The molecule has 0 bridgehead atoms. The molecule has 2 aromatic carbocycles. The number of aromatic amines is 1. The van der Waals surface area contributed by atoms with Gasteiger partial charge in [-0.1, -0.05) is 0 Å². The van der Waals surface area contributed by atoms with Crippen LogP contribution in [0, 0.1) is 0 Å². The van der Waals surface area contributed by atoms with Crippen molar-refractivity contribution in [1.82, 2.24) is 27.1 Å². The van der Waals surface area contributed by atoms with Crippen molar-refractivity contribution in [3.8, 4) is 11.5 Å². The maximum atomic E-state index is 5.44. The first kappa shape index (κ1) is 23.6. The van der Waals surface area contributed by atoms with Gasteiger partial charge >= 0.3 is 174 Å². The summed E-state index contributed by atoms with van der Waals surface area (Å²) < 4.78 is 15.2. The van der Waals surface area contributed by atoms with Crippen LogP contribution in [0.2, 0.25) is 0 Å². The Morgan fingerprint density at radius 3 is 2.40 bits per heavy atom. The Labute approximate surface area is 220 Å². The number of fused-ring (bicyclic) bond motifs is 1. The molecule has 0 aliphatic carbocycles. The van der Waals surface area contributed by atoms with Crippen molar-refractivity contribution < 1.29 is 9.47 Å². The number of methoxy groups -OCH3 is 2. The Morgan fingerprint density at radius 2 is 1.69 bits per heavy atom. The molecular weight excluding hydrogens is 633 g/mol. The first-order chi connectivity index (χ1) is 17.1. The number of rotatable bonds is 10. The van der Waals surface area contributed by atoms with E-state index in [0.717, 1.165) is 91.6 Å². The van der Waals surface area contributed by atoms with Gasteiger partial charge in [0.1, 0.15) is 11.5 Å². The summed E-state index contributed by atoms with van der Waals surface area (Å²) >= 11 is 0.747. The van der Waals surface area contributed by atoms with Gasteiger partial charge in [-0.05, 0) is 12.1 Å². The molecule has 3 heterocycles. The molecule has 0 radical (unpaired) electrons. The molecule has 0 amide bonds. The van der Waals surface area contributed by atoms with Gasteiger partial charge in [0, 0.05) is 0 Å². The van der Waals surface area contributed by atoms with E-state index in [4.69, 9.17) is 9.47 Å². The van der Waals surface area contributed by atoms with Gasteiger partial charge in [0.2, 0.25) is 0 Å². The Morgan fingerprint density at radius 1 is 0.943 bits per heavy atom. The van der Waals surface area contributed by atoms with Crippen molar-refractivity contribution in [1.29, 1.82) is 0 Å². The second-order valence-electron chi connectivity index (χ2n) is 8.53.